The van der Waals surface area contributed by atoms with Crippen molar-refractivity contribution in [1.29, 1.82) is 0 Å². The smallest absolute Gasteiger partial charge is 0.251 e. The Bertz CT molecular complexity index is 1320. The molecule has 4 heterocycles. The van der Waals surface area contributed by atoms with Crippen LogP contribution in [0.2, 0.25) is 5.02 Å². The molecule has 0 bridgehead atoms. The van der Waals surface area contributed by atoms with Gasteiger partial charge in [-0.05, 0) is 68.0 Å². The third-order valence-corrected chi connectivity index (χ3v) is 8.29. The second-order valence-corrected chi connectivity index (χ2v) is 11.3. The lowest BCUT2D eigenvalue weighted by atomic mass is 9.96. The molecule has 9 heteroatoms. The molecule has 0 radical (unpaired) electrons. The van der Waals surface area contributed by atoms with Gasteiger partial charge < -0.3 is 15.5 Å². The minimum absolute atomic E-state index is 0.0525. The Morgan fingerprint density at radius 1 is 0.950 bits per heavy atom. The van der Waals surface area contributed by atoms with Gasteiger partial charge in [-0.15, -0.1) is 0 Å². The number of pyridine rings is 2. The lowest BCUT2D eigenvalue weighted by Gasteiger charge is -2.34. The Labute approximate surface area is 241 Å². The molecule has 2 fully saturated rings. The van der Waals surface area contributed by atoms with Crippen molar-refractivity contribution in [2.75, 3.05) is 31.1 Å². The third kappa shape index (κ3) is 6.80. The van der Waals surface area contributed by atoms with Crippen LogP contribution in [0, 0.1) is 6.92 Å². The zero-order chi connectivity index (χ0) is 28.1. The summed E-state index contributed by atoms with van der Waals surface area (Å²) in [7, 11) is 0. The summed E-state index contributed by atoms with van der Waals surface area (Å²) in [6, 6.07) is 12.1. The zero-order valence-corrected chi connectivity index (χ0v) is 24.0. The fraction of sp³-hybridized carbons (Fsp3) is 0.419. The molecule has 8 nitrogen and oxygen atoms in total. The van der Waals surface area contributed by atoms with Gasteiger partial charge in [-0.25, -0.2) is 4.98 Å². The molecule has 210 valence electrons. The van der Waals surface area contributed by atoms with E-state index in [9.17, 15) is 9.59 Å². The van der Waals surface area contributed by atoms with Crippen molar-refractivity contribution < 1.29 is 9.59 Å². The first-order valence-corrected chi connectivity index (χ1v) is 14.4. The molecule has 2 aliphatic heterocycles. The first kappa shape index (κ1) is 28.1. The number of halogens is 1. The van der Waals surface area contributed by atoms with E-state index in [1.54, 1.807) is 31.5 Å². The average Bonchev–Trinajstić information content (AvgIpc) is 2.95. The fourth-order valence-electron chi connectivity index (χ4n) is 5.78. The highest BCUT2D eigenvalue weighted by molar-refractivity contribution is 6.33. The molecule has 3 aromatic rings. The molecule has 2 aliphatic rings. The molecule has 0 spiro atoms. The molecule has 5 rings (SSSR count). The van der Waals surface area contributed by atoms with Gasteiger partial charge in [0.05, 0.1) is 0 Å². The molecule has 2 aromatic heterocycles. The summed E-state index contributed by atoms with van der Waals surface area (Å²) >= 11 is 6.50. The number of anilines is 1. The Morgan fingerprint density at radius 2 is 1.68 bits per heavy atom. The van der Waals surface area contributed by atoms with E-state index in [0.29, 0.717) is 16.6 Å². The van der Waals surface area contributed by atoms with Gasteiger partial charge in [0.1, 0.15) is 5.82 Å². The van der Waals surface area contributed by atoms with Crippen LogP contribution in [-0.2, 0) is 11.3 Å². The van der Waals surface area contributed by atoms with Crippen LogP contribution in [0.4, 0.5) is 5.82 Å². The van der Waals surface area contributed by atoms with Crippen molar-refractivity contribution >= 4 is 29.2 Å². The highest BCUT2D eigenvalue weighted by atomic mass is 35.5. The van der Waals surface area contributed by atoms with Crippen molar-refractivity contribution in [1.82, 2.24) is 25.5 Å². The van der Waals surface area contributed by atoms with E-state index in [-0.39, 0.29) is 17.9 Å². The summed E-state index contributed by atoms with van der Waals surface area (Å²) in [4.78, 5) is 38.2. The van der Waals surface area contributed by atoms with E-state index < -0.39 is 0 Å². The maximum atomic E-state index is 13.2. The molecule has 0 atom stereocenters. The Hall–Kier alpha value is -3.49. The van der Waals surface area contributed by atoms with Gasteiger partial charge in [0.15, 0.2) is 0 Å². The Morgan fingerprint density at radius 3 is 2.33 bits per heavy atom. The number of hydrogen-bond donors (Lipinski definition) is 2. The lowest BCUT2D eigenvalue weighted by Crippen LogP contribution is -2.45. The van der Waals surface area contributed by atoms with Gasteiger partial charge in [-0.2, -0.15) is 0 Å². The van der Waals surface area contributed by atoms with Crippen LogP contribution in [-0.4, -0.2) is 64.9 Å². The number of rotatable bonds is 7. The topological polar surface area (TPSA) is 90.5 Å². The molecule has 0 unspecified atom stereocenters. The van der Waals surface area contributed by atoms with E-state index in [4.69, 9.17) is 16.6 Å². The normalized spacial score (nSPS) is 17.0. The maximum absolute atomic E-state index is 13.2. The van der Waals surface area contributed by atoms with Crippen molar-refractivity contribution in [2.24, 2.45) is 0 Å². The molecular weight excluding hydrogens is 524 g/mol. The molecule has 0 saturated carbocycles. The van der Waals surface area contributed by atoms with Gasteiger partial charge in [0.25, 0.3) is 5.91 Å². The highest BCUT2D eigenvalue weighted by Gasteiger charge is 2.24. The first-order chi connectivity index (χ1) is 19.4. The SMILES string of the molecule is CC(=O)NC1CCN(Cc2ccc(N3CCC(NC(=O)c4ccc(Cl)c(-c5cccnc5)c4C)CC3)nc2)CC1. The van der Waals surface area contributed by atoms with Crippen LogP contribution in [0.3, 0.4) is 0 Å². The van der Waals surface area contributed by atoms with Gasteiger partial charge in [0, 0.05) is 92.0 Å². The molecule has 2 amide bonds. The van der Waals surface area contributed by atoms with Crippen molar-refractivity contribution in [3.8, 4) is 11.1 Å². The quantitative estimate of drug-likeness (QED) is 0.439. The van der Waals surface area contributed by atoms with Crippen LogP contribution < -0.4 is 15.5 Å². The number of piperidine rings is 2. The second-order valence-electron chi connectivity index (χ2n) is 10.8. The number of amides is 2. The number of benzene rings is 1. The number of hydrogen-bond acceptors (Lipinski definition) is 6. The number of likely N-dealkylation sites (tertiary alicyclic amines) is 1. The summed E-state index contributed by atoms with van der Waals surface area (Å²) in [5.74, 6) is 0.964. The van der Waals surface area contributed by atoms with Gasteiger partial charge in [-0.3, -0.25) is 19.5 Å². The monoisotopic (exact) mass is 560 g/mol. The first-order valence-electron chi connectivity index (χ1n) is 14.1. The standard InChI is InChI=1S/C31H37ClN6O2/c1-21-27(6-7-28(32)30(21)24-4-3-13-33-19-24)31(40)36-26-11-16-38(17-12-26)29-8-5-23(18-34-29)20-37-14-9-25(10-15-37)35-22(2)39/h3-8,13,18-19,25-26H,9-12,14-17,20H2,1-2H3,(H,35,39)(H,36,40). The summed E-state index contributed by atoms with van der Waals surface area (Å²) in [5.41, 5.74) is 4.45. The molecule has 40 heavy (non-hydrogen) atoms. The minimum atomic E-state index is -0.0682. The number of carbonyl (C=O) groups excluding carboxylic acids is 2. The largest absolute Gasteiger partial charge is 0.356 e. The summed E-state index contributed by atoms with van der Waals surface area (Å²) < 4.78 is 0. The molecular formula is C31H37ClN6O2. The third-order valence-electron chi connectivity index (χ3n) is 7.97. The van der Waals surface area contributed by atoms with Gasteiger partial charge in [0.2, 0.25) is 5.91 Å². The van der Waals surface area contributed by atoms with E-state index in [0.717, 1.165) is 80.9 Å². The van der Waals surface area contributed by atoms with Crippen LogP contribution in [0.25, 0.3) is 11.1 Å². The van der Waals surface area contributed by atoms with Crippen LogP contribution in [0.1, 0.15) is 54.1 Å². The predicted octanol–water partition coefficient (Wildman–Crippen LogP) is 4.60. The fourth-order valence-corrected chi connectivity index (χ4v) is 6.10. The number of aromatic nitrogens is 2. The maximum Gasteiger partial charge on any atom is 0.251 e. The zero-order valence-electron chi connectivity index (χ0n) is 23.2. The summed E-state index contributed by atoms with van der Waals surface area (Å²) in [6.45, 7) is 8.04. The predicted molar refractivity (Wildman–Crippen MR) is 158 cm³/mol. The van der Waals surface area contributed by atoms with Crippen molar-refractivity contribution in [2.45, 2.75) is 58.2 Å². The van der Waals surface area contributed by atoms with E-state index in [1.807, 2.05) is 25.3 Å². The molecule has 1 aromatic carbocycles. The minimum Gasteiger partial charge on any atom is -0.356 e. The van der Waals surface area contributed by atoms with Gasteiger partial charge >= 0.3 is 0 Å². The van der Waals surface area contributed by atoms with Crippen molar-refractivity contribution in [3.05, 3.63) is 76.7 Å². The lowest BCUT2D eigenvalue weighted by molar-refractivity contribution is -0.120. The van der Waals surface area contributed by atoms with E-state index >= 15 is 0 Å². The van der Waals surface area contributed by atoms with E-state index in [1.165, 1.54) is 5.56 Å². The molecule has 0 aliphatic carbocycles. The molecule has 2 saturated heterocycles. The van der Waals surface area contributed by atoms with Gasteiger partial charge in [-0.1, -0.05) is 23.7 Å². The van der Waals surface area contributed by atoms with E-state index in [2.05, 4.69) is 37.6 Å². The van der Waals surface area contributed by atoms with Crippen molar-refractivity contribution in [3.63, 3.8) is 0 Å². The van der Waals surface area contributed by atoms with Crippen LogP contribution in [0.15, 0.2) is 55.0 Å². The summed E-state index contributed by atoms with van der Waals surface area (Å²) in [5, 5.41) is 6.88. The Balaban J connectivity index is 1.12. The average molecular weight is 561 g/mol. The number of nitrogens with one attached hydrogen (secondary N) is 2. The number of carbonyl (C=O) groups is 2. The van der Waals surface area contributed by atoms with Crippen LogP contribution >= 0.6 is 11.6 Å². The molecule has 2 N–H and O–H groups in total. The summed E-state index contributed by atoms with van der Waals surface area (Å²) in [6.07, 6.45) is 9.17. The second kappa shape index (κ2) is 12.8. The number of nitrogens with zero attached hydrogens (tertiary/aromatic N) is 4. The van der Waals surface area contributed by atoms with Crippen LogP contribution in [0.5, 0.6) is 0 Å². The Kier molecular flexibility index (Phi) is 8.97. The highest BCUT2D eigenvalue weighted by Crippen LogP contribution is 2.33.